The zero-order valence-electron chi connectivity index (χ0n) is 11.0. The van der Waals surface area contributed by atoms with Crippen LogP contribution in [0.1, 0.15) is 26.0 Å². The summed E-state index contributed by atoms with van der Waals surface area (Å²) in [6.45, 7) is 4.69. The van der Waals surface area contributed by atoms with Crippen molar-refractivity contribution in [1.82, 2.24) is 4.98 Å². The molecule has 0 bridgehead atoms. The van der Waals surface area contributed by atoms with Crippen LogP contribution in [0.3, 0.4) is 0 Å². The standard InChI is InChI=1S/C15H20N2O/c1-3-12-10-15(16-9-8-11(2)18)13-6-4-5-7-14(13)17-12/h4-7,10-11,18H,3,8-9H2,1-2H3,(H,16,17). The molecule has 1 aromatic heterocycles. The van der Waals surface area contributed by atoms with Crippen molar-refractivity contribution >= 4 is 16.6 Å². The number of aryl methyl sites for hydroxylation is 1. The number of benzene rings is 1. The Morgan fingerprint density at radius 3 is 2.83 bits per heavy atom. The highest BCUT2D eigenvalue weighted by Crippen LogP contribution is 2.23. The Bertz CT molecular complexity index is 523. The molecule has 0 saturated carbocycles. The fourth-order valence-corrected chi connectivity index (χ4v) is 1.97. The molecule has 1 heterocycles. The number of nitrogens with zero attached hydrogens (tertiary/aromatic N) is 1. The molecule has 0 aliphatic rings. The minimum absolute atomic E-state index is 0.267. The molecule has 2 rings (SSSR count). The lowest BCUT2D eigenvalue weighted by Gasteiger charge is -2.12. The van der Waals surface area contributed by atoms with Gasteiger partial charge < -0.3 is 10.4 Å². The van der Waals surface area contributed by atoms with Crippen LogP contribution in [0.5, 0.6) is 0 Å². The van der Waals surface area contributed by atoms with Crippen molar-refractivity contribution in [1.29, 1.82) is 0 Å². The second kappa shape index (κ2) is 5.83. The van der Waals surface area contributed by atoms with Crippen LogP contribution in [-0.4, -0.2) is 22.7 Å². The third-order valence-corrected chi connectivity index (χ3v) is 3.01. The average molecular weight is 244 g/mol. The first-order valence-electron chi connectivity index (χ1n) is 6.51. The maximum Gasteiger partial charge on any atom is 0.0726 e. The van der Waals surface area contributed by atoms with Gasteiger partial charge in [0.2, 0.25) is 0 Å². The smallest absolute Gasteiger partial charge is 0.0726 e. The van der Waals surface area contributed by atoms with Gasteiger partial charge in [0.05, 0.1) is 11.6 Å². The molecule has 1 aromatic carbocycles. The van der Waals surface area contributed by atoms with Crippen LogP contribution in [0.2, 0.25) is 0 Å². The van der Waals surface area contributed by atoms with Crippen LogP contribution < -0.4 is 5.32 Å². The van der Waals surface area contributed by atoms with Gasteiger partial charge in [0, 0.05) is 23.3 Å². The molecular formula is C15H20N2O. The van der Waals surface area contributed by atoms with Gasteiger partial charge in [0.25, 0.3) is 0 Å². The van der Waals surface area contributed by atoms with Gasteiger partial charge in [-0.25, -0.2) is 0 Å². The Hall–Kier alpha value is -1.61. The summed E-state index contributed by atoms with van der Waals surface area (Å²) in [4.78, 5) is 4.61. The molecule has 0 saturated heterocycles. The van der Waals surface area contributed by atoms with Crippen LogP contribution in [0, 0.1) is 0 Å². The minimum Gasteiger partial charge on any atom is -0.393 e. The zero-order valence-corrected chi connectivity index (χ0v) is 11.0. The quantitative estimate of drug-likeness (QED) is 0.850. The van der Waals surface area contributed by atoms with Crippen molar-refractivity contribution in [3.8, 4) is 0 Å². The highest BCUT2D eigenvalue weighted by atomic mass is 16.3. The van der Waals surface area contributed by atoms with Crippen LogP contribution >= 0.6 is 0 Å². The van der Waals surface area contributed by atoms with Crippen molar-refractivity contribution in [2.24, 2.45) is 0 Å². The minimum atomic E-state index is -0.267. The van der Waals surface area contributed by atoms with Crippen LogP contribution in [0.25, 0.3) is 10.9 Å². The Balaban J connectivity index is 2.29. The lowest BCUT2D eigenvalue weighted by molar-refractivity contribution is 0.189. The van der Waals surface area contributed by atoms with E-state index < -0.39 is 0 Å². The predicted molar refractivity (Wildman–Crippen MR) is 75.9 cm³/mol. The summed E-state index contributed by atoms with van der Waals surface area (Å²) in [6, 6.07) is 10.2. The number of hydrogen-bond acceptors (Lipinski definition) is 3. The van der Waals surface area contributed by atoms with E-state index in [0.29, 0.717) is 0 Å². The van der Waals surface area contributed by atoms with E-state index in [0.717, 1.165) is 41.7 Å². The maximum absolute atomic E-state index is 9.29. The van der Waals surface area contributed by atoms with E-state index in [2.05, 4.69) is 29.4 Å². The van der Waals surface area contributed by atoms with E-state index in [9.17, 15) is 5.11 Å². The van der Waals surface area contributed by atoms with E-state index in [1.54, 1.807) is 0 Å². The van der Waals surface area contributed by atoms with E-state index in [1.165, 1.54) is 0 Å². The zero-order chi connectivity index (χ0) is 13.0. The van der Waals surface area contributed by atoms with E-state index >= 15 is 0 Å². The van der Waals surface area contributed by atoms with Gasteiger partial charge in [0.15, 0.2) is 0 Å². The van der Waals surface area contributed by atoms with Gasteiger partial charge in [0.1, 0.15) is 0 Å². The van der Waals surface area contributed by atoms with Gasteiger partial charge in [-0.15, -0.1) is 0 Å². The van der Waals surface area contributed by atoms with E-state index in [1.807, 2.05) is 25.1 Å². The number of rotatable bonds is 5. The normalized spacial score (nSPS) is 12.6. The molecule has 3 nitrogen and oxygen atoms in total. The molecule has 2 N–H and O–H groups in total. The van der Waals surface area contributed by atoms with Crippen molar-refractivity contribution in [3.05, 3.63) is 36.0 Å². The SMILES string of the molecule is CCc1cc(NCCC(C)O)c2ccccc2n1. The van der Waals surface area contributed by atoms with Crippen molar-refractivity contribution in [3.63, 3.8) is 0 Å². The molecule has 2 aromatic rings. The third kappa shape index (κ3) is 2.99. The molecule has 0 radical (unpaired) electrons. The summed E-state index contributed by atoms with van der Waals surface area (Å²) >= 11 is 0. The maximum atomic E-state index is 9.29. The first-order chi connectivity index (χ1) is 8.70. The van der Waals surface area contributed by atoms with E-state index in [4.69, 9.17) is 0 Å². The molecule has 96 valence electrons. The molecule has 1 unspecified atom stereocenters. The lowest BCUT2D eigenvalue weighted by Crippen LogP contribution is -2.10. The largest absolute Gasteiger partial charge is 0.393 e. The summed E-state index contributed by atoms with van der Waals surface area (Å²) in [6.07, 6.45) is 1.41. The Kier molecular flexibility index (Phi) is 4.15. The summed E-state index contributed by atoms with van der Waals surface area (Å²) in [5.41, 5.74) is 3.22. The average Bonchev–Trinajstić information content (AvgIpc) is 2.38. The number of para-hydroxylation sites is 1. The highest BCUT2D eigenvalue weighted by molar-refractivity contribution is 5.91. The summed E-state index contributed by atoms with van der Waals surface area (Å²) in [5, 5.41) is 13.8. The van der Waals surface area contributed by atoms with Gasteiger partial charge in [-0.1, -0.05) is 25.1 Å². The first kappa shape index (κ1) is 12.8. The molecule has 0 fully saturated rings. The molecule has 1 atom stereocenters. The van der Waals surface area contributed by atoms with Crippen LogP contribution in [-0.2, 0) is 6.42 Å². The number of aliphatic hydroxyl groups excluding tert-OH is 1. The second-order valence-corrected chi connectivity index (χ2v) is 4.60. The predicted octanol–water partition coefficient (Wildman–Crippen LogP) is 2.98. The molecule has 0 spiro atoms. The molecule has 18 heavy (non-hydrogen) atoms. The summed E-state index contributed by atoms with van der Waals surface area (Å²) in [7, 11) is 0. The number of fused-ring (bicyclic) bond motifs is 1. The third-order valence-electron chi connectivity index (χ3n) is 3.01. The number of anilines is 1. The van der Waals surface area contributed by atoms with E-state index in [-0.39, 0.29) is 6.10 Å². The summed E-state index contributed by atoms with van der Waals surface area (Å²) < 4.78 is 0. The first-order valence-corrected chi connectivity index (χ1v) is 6.51. The van der Waals surface area contributed by atoms with Crippen molar-refractivity contribution < 1.29 is 5.11 Å². The molecular weight excluding hydrogens is 224 g/mol. The van der Waals surface area contributed by atoms with Gasteiger partial charge in [-0.05, 0) is 31.9 Å². The van der Waals surface area contributed by atoms with Crippen molar-refractivity contribution in [2.75, 3.05) is 11.9 Å². The van der Waals surface area contributed by atoms with Gasteiger partial charge >= 0.3 is 0 Å². The Labute approximate surface area is 108 Å². The van der Waals surface area contributed by atoms with Crippen LogP contribution in [0.15, 0.2) is 30.3 Å². The lowest BCUT2D eigenvalue weighted by atomic mass is 10.1. The molecule has 3 heteroatoms. The topological polar surface area (TPSA) is 45.1 Å². The number of nitrogens with one attached hydrogen (secondary N) is 1. The fourth-order valence-electron chi connectivity index (χ4n) is 1.97. The van der Waals surface area contributed by atoms with Gasteiger partial charge in [-0.2, -0.15) is 0 Å². The monoisotopic (exact) mass is 244 g/mol. The second-order valence-electron chi connectivity index (χ2n) is 4.60. The van der Waals surface area contributed by atoms with Crippen LogP contribution in [0.4, 0.5) is 5.69 Å². The summed E-state index contributed by atoms with van der Waals surface area (Å²) in [5.74, 6) is 0. The molecule has 0 aliphatic carbocycles. The fraction of sp³-hybridized carbons (Fsp3) is 0.400. The van der Waals surface area contributed by atoms with Crippen molar-refractivity contribution in [2.45, 2.75) is 32.8 Å². The highest BCUT2D eigenvalue weighted by Gasteiger charge is 2.04. The molecule has 0 amide bonds. The number of hydrogen-bond donors (Lipinski definition) is 2. The molecule has 0 aliphatic heterocycles. The number of pyridine rings is 1. The number of aliphatic hydroxyl groups is 1. The Morgan fingerprint density at radius 1 is 1.33 bits per heavy atom. The Morgan fingerprint density at radius 2 is 2.11 bits per heavy atom. The van der Waals surface area contributed by atoms with Gasteiger partial charge in [-0.3, -0.25) is 4.98 Å². The number of aromatic nitrogens is 1.